The van der Waals surface area contributed by atoms with Crippen LogP contribution in [0.3, 0.4) is 0 Å². The molecular formula is C12H13NO4. The largest absolute Gasteiger partial charge is 0.465 e. The summed E-state index contributed by atoms with van der Waals surface area (Å²) in [7, 11) is 1.23. The van der Waals surface area contributed by atoms with Gasteiger partial charge >= 0.3 is 11.9 Å². The summed E-state index contributed by atoms with van der Waals surface area (Å²) in [5.41, 5.74) is 0.282. The minimum Gasteiger partial charge on any atom is -0.465 e. The molecule has 5 nitrogen and oxygen atoms in total. The van der Waals surface area contributed by atoms with Crippen molar-refractivity contribution in [2.45, 2.75) is 6.92 Å². The highest BCUT2D eigenvalue weighted by Gasteiger charge is 2.10. The van der Waals surface area contributed by atoms with Crippen LogP contribution in [0, 0.1) is 4.91 Å². The number of rotatable bonds is 2. The van der Waals surface area contributed by atoms with Gasteiger partial charge in [0.15, 0.2) is 0 Å². The molecule has 90 valence electrons. The lowest BCUT2D eigenvalue weighted by molar-refractivity contribution is 0.0600. The molecule has 0 bridgehead atoms. The van der Waals surface area contributed by atoms with Gasteiger partial charge in [-0.2, -0.15) is 0 Å². The van der Waals surface area contributed by atoms with Gasteiger partial charge in [0.1, 0.15) is 0 Å². The van der Waals surface area contributed by atoms with E-state index in [-0.39, 0.29) is 11.1 Å². The molecule has 0 saturated carbocycles. The Hall–Kier alpha value is -2.30. The summed E-state index contributed by atoms with van der Waals surface area (Å²) in [6.45, 7) is 5.25. The summed E-state index contributed by atoms with van der Waals surface area (Å²) in [6, 6.07) is 5.61. The fraction of sp³-hybridized carbons (Fsp3) is 0.167. The maximum absolute atomic E-state index is 11.0. The third kappa shape index (κ3) is 4.83. The number of hydrogen-bond donors (Lipinski definition) is 0. The lowest BCUT2D eigenvalue weighted by atomic mass is 10.1. The molecule has 0 aliphatic heterocycles. The summed E-state index contributed by atoms with van der Waals surface area (Å²) >= 11 is 0. The zero-order chi connectivity index (χ0) is 13.3. The lowest BCUT2D eigenvalue weighted by Crippen LogP contribution is -2.03. The van der Waals surface area contributed by atoms with Crippen molar-refractivity contribution in [2.24, 2.45) is 5.18 Å². The van der Waals surface area contributed by atoms with Crippen LogP contribution in [0.15, 0.2) is 42.1 Å². The summed E-state index contributed by atoms with van der Waals surface area (Å²) in [5, 5.41) is 2.24. The minimum absolute atomic E-state index is 0.0721. The number of methoxy groups -OCH3 is 1. The predicted octanol–water partition coefficient (Wildman–Crippen LogP) is 2.57. The fourth-order valence-corrected chi connectivity index (χ4v) is 0.950. The monoisotopic (exact) mass is 235 g/mol. The van der Waals surface area contributed by atoms with Crippen LogP contribution in [-0.2, 0) is 4.74 Å². The van der Waals surface area contributed by atoms with Crippen LogP contribution in [-0.4, -0.2) is 19.0 Å². The second-order valence-corrected chi connectivity index (χ2v) is 2.88. The molecule has 0 heterocycles. The van der Waals surface area contributed by atoms with Crippen LogP contribution in [0.1, 0.15) is 27.6 Å². The molecule has 0 fully saturated rings. The molecule has 1 aromatic carbocycles. The van der Waals surface area contributed by atoms with Crippen LogP contribution < -0.4 is 0 Å². The number of carbonyl (C=O) groups is 2. The van der Waals surface area contributed by atoms with Crippen LogP contribution in [0.4, 0.5) is 0 Å². The maximum atomic E-state index is 11.0. The van der Waals surface area contributed by atoms with Gasteiger partial charge in [0, 0.05) is 10.7 Å². The van der Waals surface area contributed by atoms with Gasteiger partial charge < -0.3 is 4.74 Å². The minimum atomic E-state index is -0.907. The predicted molar refractivity (Wildman–Crippen MR) is 63.8 cm³/mol. The summed E-state index contributed by atoms with van der Waals surface area (Å²) in [5.74, 6) is -1.47. The molecule has 0 saturated heterocycles. The summed E-state index contributed by atoms with van der Waals surface area (Å²) in [6.07, 6.45) is 1.75. The Morgan fingerprint density at radius 1 is 1.35 bits per heavy atom. The average molecular weight is 235 g/mol. The number of nitrogens with zero attached hydrogens (tertiary/aromatic N) is 1. The lowest BCUT2D eigenvalue weighted by Gasteiger charge is -1.99. The molecule has 0 unspecified atom stereocenters. The van der Waals surface area contributed by atoms with Crippen molar-refractivity contribution in [3.8, 4) is 0 Å². The zero-order valence-corrected chi connectivity index (χ0v) is 9.67. The van der Waals surface area contributed by atoms with Crippen molar-refractivity contribution in [1.29, 1.82) is 0 Å². The highest BCUT2D eigenvalue weighted by Crippen LogP contribution is 2.07. The van der Waals surface area contributed by atoms with E-state index in [1.165, 1.54) is 31.4 Å². The number of amides is 1. The number of hydrogen-bond acceptors (Lipinski definition) is 4. The fourth-order valence-electron chi connectivity index (χ4n) is 0.950. The SMILES string of the molecule is C=CC.COC(=O)c1cccc(C(=O)N=O)c1. The second-order valence-electron chi connectivity index (χ2n) is 2.88. The molecule has 17 heavy (non-hydrogen) atoms. The number of esters is 1. The molecule has 0 atom stereocenters. The maximum Gasteiger partial charge on any atom is 0.337 e. The van der Waals surface area contributed by atoms with Crippen molar-refractivity contribution in [1.82, 2.24) is 0 Å². The van der Waals surface area contributed by atoms with Crippen molar-refractivity contribution >= 4 is 11.9 Å². The van der Waals surface area contributed by atoms with Crippen molar-refractivity contribution in [3.05, 3.63) is 53.0 Å². The van der Waals surface area contributed by atoms with Crippen molar-refractivity contribution in [2.75, 3.05) is 7.11 Å². The summed E-state index contributed by atoms with van der Waals surface area (Å²) < 4.78 is 4.45. The van der Waals surface area contributed by atoms with Gasteiger partial charge in [-0.3, -0.25) is 4.79 Å². The van der Waals surface area contributed by atoms with E-state index in [0.29, 0.717) is 0 Å². The third-order valence-electron chi connectivity index (χ3n) is 1.61. The molecule has 0 aliphatic carbocycles. The quantitative estimate of drug-likeness (QED) is 0.448. The van der Waals surface area contributed by atoms with E-state index in [1.54, 1.807) is 6.08 Å². The van der Waals surface area contributed by atoms with E-state index in [0.717, 1.165) is 0 Å². The molecule has 5 heteroatoms. The van der Waals surface area contributed by atoms with E-state index in [4.69, 9.17) is 0 Å². The Balaban J connectivity index is 0.000000770. The Labute approximate surface area is 99.1 Å². The van der Waals surface area contributed by atoms with E-state index >= 15 is 0 Å². The molecule has 1 rings (SSSR count). The first-order valence-corrected chi connectivity index (χ1v) is 4.73. The van der Waals surface area contributed by atoms with Crippen LogP contribution >= 0.6 is 0 Å². The Morgan fingerprint density at radius 2 is 1.88 bits per heavy atom. The van der Waals surface area contributed by atoms with Gasteiger partial charge in [-0.05, 0) is 25.1 Å². The molecule has 0 radical (unpaired) electrons. The first-order valence-electron chi connectivity index (χ1n) is 4.73. The van der Waals surface area contributed by atoms with Gasteiger partial charge in [-0.1, -0.05) is 12.1 Å². The van der Waals surface area contributed by atoms with Crippen molar-refractivity contribution in [3.63, 3.8) is 0 Å². The van der Waals surface area contributed by atoms with Gasteiger partial charge in [0.25, 0.3) is 0 Å². The van der Waals surface area contributed by atoms with Gasteiger partial charge in [-0.15, -0.1) is 11.5 Å². The van der Waals surface area contributed by atoms with E-state index in [2.05, 4.69) is 16.5 Å². The Morgan fingerprint density at radius 3 is 2.35 bits per heavy atom. The standard InChI is InChI=1S/C9H7NO4.C3H6/c1-14-9(12)7-4-2-3-6(5-7)8(11)10-13;1-3-2/h2-5H,1H3;3H,1H2,2H3. The van der Waals surface area contributed by atoms with E-state index < -0.39 is 11.9 Å². The van der Waals surface area contributed by atoms with Gasteiger partial charge in [0.2, 0.25) is 0 Å². The summed E-state index contributed by atoms with van der Waals surface area (Å²) in [4.78, 5) is 31.8. The molecule has 0 spiro atoms. The topological polar surface area (TPSA) is 72.8 Å². The molecule has 0 aromatic heterocycles. The normalized spacial score (nSPS) is 8.35. The number of nitroso groups, excluding NO2 is 1. The van der Waals surface area contributed by atoms with Gasteiger partial charge in [0.05, 0.1) is 12.7 Å². The first-order chi connectivity index (χ1) is 8.10. The van der Waals surface area contributed by atoms with E-state index in [1.807, 2.05) is 6.92 Å². The number of ether oxygens (including phenoxy) is 1. The number of benzene rings is 1. The Bertz CT molecular complexity index is 426. The second kappa shape index (κ2) is 7.92. The third-order valence-corrected chi connectivity index (χ3v) is 1.61. The number of allylic oxidation sites excluding steroid dienone is 1. The van der Waals surface area contributed by atoms with Crippen molar-refractivity contribution < 1.29 is 14.3 Å². The molecule has 0 aliphatic rings. The molecular weight excluding hydrogens is 222 g/mol. The van der Waals surface area contributed by atoms with Crippen LogP contribution in [0.25, 0.3) is 0 Å². The van der Waals surface area contributed by atoms with Gasteiger partial charge in [-0.25, -0.2) is 4.79 Å². The number of carbonyl (C=O) groups excluding carboxylic acids is 2. The Kier molecular flexibility index (Phi) is 6.85. The molecule has 0 N–H and O–H groups in total. The smallest absolute Gasteiger partial charge is 0.337 e. The average Bonchev–Trinajstić information content (AvgIpc) is 2.38. The highest BCUT2D eigenvalue weighted by molar-refractivity contribution is 5.98. The highest BCUT2D eigenvalue weighted by atomic mass is 16.5. The first kappa shape index (κ1) is 14.7. The molecule has 1 amide bonds. The van der Waals surface area contributed by atoms with Crippen LogP contribution in [0.5, 0.6) is 0 Å². The zero-order valence-electron chi connectivity index (χ0n) is 9.67. The van der Waals surface area contributed by atoms with Crippen LogP contribution in [0.2, 0.25) is 0 Å². The van der Waals surface area contributed by atoms with E-state index in [9.17, 15) is 14.5 Å². The molecule has 1 aromatic rings.